The van der Waals surface area contributed by atoms with E-state index in [1.165, 1.54) is 0 Å². The molecule has 0 radical (unpaired) electrons. The van der Waals surface area contributed by atoms with E-state index in [4.69, 9.17) is 14.2 Å². The quantitative estimate of drug-likeness (QED) is 0.810. The van der Waals surface area contributed by atoms with Crippen molar-refractivity contribution in [3.05, 3.63) is 69.9 Å². The van der Waals surface area contributed by atoms with Crippen LogP contribution in [-0.2, 0) is 4.79 Å². The van der Waals surface area contributed by atoms with E-state index in [1.54, 1.807) is 27.4 Å². The Hall–Kier alpha value is -3.54. The van der Waals surface area contributed by atoms with Gasteiger partial charge in [0.25, 0.3) is 0 Å². The van der Waals surface area contributed by atoms with Crippen molar-refractivity contribution in [3.63, 3.8) is 0 Å². The second kappa shape index (κ2) is 7.30. The van der Waals surface area contributed by atoms with Crippen molar-refractivity contribution < 1.29 is 23.8 Å². The van der Waals surface area contributed by atoms with Gasteiger partial charge >= 0.3 is 0 Å². The van der Waals surface area contributed by atoms with Crippen molar-refractivity contribution in [1.29, 1.82) is 0 Å². The highest BCUT2D eigenvalue weighted by Gasteiger charge is 2.44. The van der Waals surface area contributed by atoms with Crippen LogP contribution >= 0.6 is 0 Å². The maximum atomic E-state index is 13.5. The number of hydrogen-bond acceptors (Lipinski definition) is 6. The number of allylic oxidation sites excluding steroid dienone is 3. The summed E-state index contributed by atoms with van der Waals surface area (Å²) in [5.74, 6) is 1.05. The third kappa shape index (κ3) is 2.78. The van der Waals surface area contributed by atoms with Crippen LogP contribution in [0.5, 0.6) is 17.2 Å². The summed E-state index contributed by atoms with van der Waals surface area (Å²) in [7, 11) is 4.70. The van der Waals surface area contributed by atoms with Crippen LogP contribution in [0.25, 0.3) is 5.70 Å². The lowest BCUT2D eigenvalue weighted by Gasteiger charge is -2.34. The predicted octanol–water partition coefficient (Wildman–Crippen LogP) is 4.01. The van der Waals surface area contributed by atoms with Crippen molar-refractivity contribution in [2.45, 2.75) is 25.2 Å². The fourth-order valence-corrected chi connectivity index (χ4v) is 4.93. The van der Waals surface area contributed by atoms with E-state index >= 15 is 0 Å². The molecule has 0 bridgehead atoms. The molecule has 1 aliphatic heterocycles. The fraction of sp³-hybridized carbons (Fsp3) is 0.280. The van der Waals surface area contributed by atoms with Crippen LogP contribution in [-0.4, -0.2) is 32.9 Å². The summed E-state index contributed by atoms with van der Waals surface area (Å²) in [6, 6.07) is 11.1. The number of fused-ring (bicyclic) bond motifs is 2. The summed E-state index contributed by atoms with van der Waals surface area (Å²) >= 11 is 0. The zero-order valence-corrected chi connectivity index (χ0v) is 17.7. The summed E-state index contributed by atoms with van der Waals surface area (Å²) in [5, 5.41) is 3.44. The van der Waals surface area contributed by atoms with Crippen LogP contribution in [0.3, 0.4) is 0 Å². The monoisotopic (exact) mass is 417 g/mol. The van der Waals surface area contributed by atoms with Gasteiger partial charge in [-0.1, -0.05) is 24.3 Å². The first-order chi connectivity index (χ1) is 15.1. The minimum absolute atomic E-state index is 0.0610. The largest absolute Gasteiger partial charge is 0.496 e. The summed E-state index contributed by atoms with van der Waals surface area (Å²) in [6.07, 6.45) is 2.02. The first-order valence-corrected chi connectivity index (χ1v) is 10.3. The summed E-state index contributed by atoms with van der Waals surface area (Å²) in [6.45, 7) is 0. The van der Waals surface area contributed by atoms with E-state index < -0.39 is 5.92 Å². The Labute approximate surface area is 180 Å². The number of ketones is 2. The van der Waals surface area contributed by atoms with Gasteiger partial charge in [-0.25, -0.2) is 0 Å². The average molecular weight is 417 g/mol. The van der Waals surface area contributed by atoms with Gasteiger partial charge in [-0.05, 0) is 18.9 Å². The van der Waals surface area contributed by atoms with Gasteiger partial charge in [-0.3, -0.25) is 9.59 Å². The number of ether oxygens (including phenoxy) is 3. The molecule has 3 aliphatic rings. The Bertz CT molecular complexity index is 1190. The van der Waals surface area contributed by atoms with E-state index in [-0.39, 0.29) is 11.6 Å². The Morgan fingerprint density at radius 1 is 0.839 bits per heavy atom. The van der Waals surface area contributed by atoms with Crippen molar-refractivity contribution in [3.8, 4) is 17.2 Å². The normalized spacial score (nSPS) is 19.5. The molecule has 0 fully saturated rings. The lowest BCUT2D eigenvalue weighted by atomic mass is 9.74. The van der Waals surface area contributed by atoms with Crippen LogP contribution in [0, 0.1) is 0 Å². The van der Waals surface area contributed by atoms with E-state index in [1.807, 2.05) is 30.3 Å². The van der Waals surface area contributed by atoms with Gasteiger partial charge in [0.05, 0.1) is 27.0 Å². The average Bonchev–Trinajstić information content (AvgIpc) is 3.09. The molecule has 2 aliphatic carbocycles. The van der Waals surface area contributed by atoms with Crippen molar-refractivity contribution in [1.82, 2.24) is 5.32 Å². The standard InChI is InChI=1S/C25H23NO5/c1-29-18-12-20(31-3)19(30-2)11-15(18)21-22-16(9-6-10-17(22)27)26-24-13-7-4-5-8-14(13)25(28)23(21)24/h4-5,7-8,11-12,21,26H,6,9-10H2,1-3H3/t21-/m0/s1. The second-order valence-electron chi connectivity index (χ2n) is 7.84. The minimum Gasteiger partial charge on any atom is -0.496 e. The van der Waals surface area contributed by atoms with E-state index in [0.717, 1.165) is 35.4 Å². The molecule has 0 spiro atoms. The molecule has 1 heterocycles. The molecule has 31 heavy (non-hydrogen) atoms. The highest BCUT2D eigenvalue weighted by molar-refractivity contribution is 6.23. The van der Waals surface area contributed by atoms with Crippen LogP contribution in [0.2, 0.25) is 0 Å². The molecule has 6 nitrogen and oxygen atoms in total. The molecule has 0 aromatic heterocycles. The van der Waals surface area contributed by atoms with E-state index in [2.05, 4.69) is 5.32 Å². The van der Waals surface area contributed by atoms with Crippen molar-refractivity contribution in [2.24, 2.45) is 0 Å². The van der Waals surface area contributed by atoms with Gasteiger partial charge in [-0.2, -0.15) is 0 Å². The van der Waals surface area contributed by atoms with E-state index in [9.17, 15) is 9.59 Å². The summed E-state index contributed by atoms with van der Waals surface area (Å²) in [5.41, 5.74) is 5.15. The Balaban J connectivity index is 1.79. The number of methoxy groups -OCH3 is 3. The highest BCUT2D eigenvalue weighted by Crippen LogP contribution is 2.52. The number of benzene rings is 2. The minimum atomic E-state index is -0.534. The smallest absolute Gasteiger partial charge is 0.192 e. The molecule has 1 atom stereocenters. The fourth-order valence-electron chi connectivity index (χ4n) is 4.93. The van der Waals surface area contributed by atoms with Gasteiger partial charge in [0.15, 0.2) is 23.1 Å². The molecular weight excluding hydrogens is 394 g/mol. The van der Waals surface area contributed by atoms with Crippen LogP contribution in [0.1, 0.15) is 46.7 Å². The Morgan fingerprint density at radius 2 is 1.52 bits per heavy atom. The number of carbonyl (C=O) groups excluding carboxylic acids is 2. The first-order valence-electron chi connectivity index (χ1n) is 10.3. The number of dihydropyridines is 1. The predicted molar refractivity (Wildman–Crippen MR) is 116 cm³/mol. The van der Waals surface area contributed by atoms with Crippen molar-refractivity contribution in [2.75, 3.05) is 21.3 Å². The Kier molecular flexibility index (Phi) is 4.58. The number of nitrogens with one attached hydrogen (secondary N) is 1. The van der Waals surface area contributed by atoms with Gasteiger partial charge < -0.3 is 19.5 Å². The number of Topliss-reactive ketones (excluding diaryl/α,β-unsaturated/α-hetero) is 2. The van der Waals surface area contributed by atoms with E-state index in [0.29, 0.717) is 40.4 Å². The number of hydrogen-bond donors (Lipinski definition) is 1. The highest BCUT2D eigenvalue weighted by atomic mass is 16.5. The molecule has 0 amide bonds. The molecule has 0 saturated carbocycles. The molecule has 0 unspecified atom stereocenters. The Morgan fingerprint density at radius 3 is 2.23 bits per heavy atom. The first kappa shape index (κ1) is 19.4. The summed E-state index contributed by atoms with van der Waals surface area (Å²) in [4.78, 5) is 26.7. The molecule has 0 saturated heterocycles. The third-order valence-corrected chi connectivity index (χ3v) is 6.31. The lowest BCUT2D eigenvalue weighted by Crippen LogP contribution is -2.31. The van der Waals surface area contributed by atoms with Gasteiger partial charge in [0.2, 0.25) is 0 Å². The number of carbonyl (C=O) groups is 2. The van der Waals surface area contributed by atoms with Crippen LogP contribution < -0.4 is 19.5 Å². The third-order valence-electron chi connectivity index (χ3n) is 6.31. The van der Waals surface area contributed by atoms with Gasteiger partial charge in [0.1, 0.15) is 5.75 Å². The maximum Gasteiger partial charge on any atom is 0.192 e. The van der Waals surface area contributed by atoms with Gasteiger partial charge in [-0.15, -0.1) is 0 Å². The van der Waals surface area contributed by atoms with Gasteiger partial charge in [0, 0.05) is 51.9 Å². The molecule has 6 heteroatoms. The molecular formula is C25H23NO5. The van der Waals surface area contributed by atoms with Crippen molar-refractivity contribution >= 4 is 17.3 Å². The van der Waals surface area contributed by atoms with Crippen LogP contribution in [0.4, 0.5) is 0 Å². The molecule has 5 rings (SSSR count). The second-order valence-corrected chi connectivity index (χ2v) is 7.84. The molecule has 2 aromatic carbocycles. The summed E-state index contributed by atoms with van der Waals surface area (Å²) < 4.78 is 16.7. The molecule has 2 aromatic rings. The molecule has 158 valence electrons. The number of rotatable bonds is 4. The van der Waals surface area contributed by atoms with Crippen LogP contribution in [0.15, 0.2) is 53.2 Å². The topological polar surface area (TPSA) is 73.9 Å². The lowest BCUT2D eigenvalue weighted by molar-refractivity contribution is -0.116. The zero-order chi connectivity index (χ0) is 21.7. The SMILES string of the molecule is COc1cc(OC)c([C@H]2C3=C(CCCC3=O)NC3=C2C(=O)c2ccccc23)cc1OC. The zero-order valence-electron chi connectivity index (χ0n) is 17.7. The molecule has 1 N–H and O–H groups in total. The maximum absolute atomic E-state index is 13.5.